The van der Waals surface area contributed by atoms with Crippen molar-refractivity contribution in [2.24, 2.45) is 0 Å². The topological polar surface area (TPSA) is 161 Å². The molecule has 0 fully saturated rings. The van der Waals surface area contributed by atoms with E-state index in [2.05, 4.69) is 74.7 Å². The molecule has 1 aromatic heterocycles. The summed E-state index contributed by atoms with van der Waals surface area (Å²) in [7, 11) is 0. The van der Waals surface area contributed by atoms with Crippen LogP contribution in [0.5, 0.6) is 5.75 Å². The molecule has 0 unspecified atom stereocenters. The van der Waals surface area contributed by atoms with Crippen LogP contribution in [0.3, 0.4) is 0 Å². The van der Waals surface area contributed by atoms with Crippen LogP contribution in [0, 0.1) is 6.92 Å². The predicted molar refractivity (Wildman–Crippen MR) is 274 cm³/mol. The van der Waals surface area contributed by atoms with Gasteiger partial charge in [-0.3, -0.25) is 24.4 Å². The van der Waals surface area contributed by atoms with Crippen LogP contribution < -0.4 is 36.0 Å². The van der Waals surface area contributed by atoms with E-state index in [1.807, 2.05) is 30.9 Å². The maximum Gasteiger partial charge on any atom is 0.326 e. The van der Waals surface area contributed by atoms with Gasteiger partial charge in [0.15, 0.2) is 11.5 Å². The van der Waals surface area contributed by atoms with Gasteiger partial charge in [-0.05, 0) is 110 Å². The molecule has 0 saturated carbocycles. The minimum Gasteiger partial charge on any atom is -0.493 e. The van der Waals surface area contributed by atoms with Crippen LogP contribution in [-0.4, -0.2) is 65.6 Å². The molecule has 16 heteroatoms. The molecule has 0 atom stereocenters. The molecule has 0 spiro atoms. The Labute approximate surface area is 409 Å². The molecule has 0 aliphatic heterocycles. The summed E-state index contributed by atoms with van der Waals surface area (Å²) >= 11 is 19.5. The Morgan fingerprint density at radius 1 is 0.866 bits per heavy atom. The third-order valence-corrected chi connectivity index (χ3v) is 13.1. The number of hydrogen-bond acceptors (Lipinski definition) is 7. The Bertz CT molecular complexity index is 2600. The lowest BCUT2D eigenvalue weighted by Gasteiger charge is -2.30. The van der Waals surface area contributed by atoms with Crippen molar-refractivity contribution in [2.45, 2.75) is 105 Å². The molecule has 5 rings (SSSR count). The summed E-state index contributed by atoms with van der Waals surface area (Å²) in [4.78, 5) is 59.9. The number of H-pyrrole nitrogens is 1. The van der Waals surface area contributed by atoms with Gasteiger partial charge in [0.1, 0.15) is 11.4 Å². The van der Waals surface area contributed by atoms with Gasteiger partial charge in [0.2, 0.25) is 5.91 Å². The Kier molecular flexibility index (Phi) is 18.0. The second-order valence-corrected chi connectivity index (χ2v) is 19.0. The molecule has 0 radical (unpaired) electrons. The molecule has 0 bridgehead atoms. The average molecular weight is 977 g/mol. The van der Waals surface area contributed by atoms with Crippen LogP contribution in [0.2, 0.25) is 15.1 Å². The molecule has 0 aliphatic carbocycles. The average Bonchev–Trinajstić information content (AvgIpc) is 3.59. The van der Waals surface area contributed by atoms with Crippen molar-refractivity contribution in [1.82, 2.24) is 15.1 Å². The monoisotopic (exact) mass is 975 g/mol. The van der Waals surface area contributed by atoms with E-state index in [4.69, 9.17) is 39.5 Å². The molecule has 4 aromatic carbocycles. The fourth-order valence-corrected chi connectivity index (χ4v) is 8.48. The number of aromatic nitrogens is 2. The number of urea groups is 1. The van der Waals surface area contributed by atoms with E-state index >= 15 is 0 Å². The third-order valence-electron chi connectivity index (χ3n) is 12.3. The number of nitrogens with zero attached hydrogens (tertiary/aromatic N) is 3. The Balaban J connectivity index is 1.47. The zero-order chi connectivity index (χ0) is 49.2. The van der Waals surface area contributed by atoms with Crippen molar-refractivity contribution in [3.63, 3.8) is 0 Å². The molecule has 0 aliphatic rings. The zero-order valence-electron chi connectivity index (χ0n) is 40.0. The van der Waals surface area contributed by atoms with Crippen molar-refractivity contribution in [1.29, 1.82) is 0 Å². The highest BCUT2D eigenvalue weighted by molar-refractivity contribution is 6.40. The van der Waals surface area contributed by atoms with E-state index in [1.165, 1.54) is 28.7 Å². The Morgan fingerprint density at radius 2 is 1.57 bits per heavy atom. The summed E-state index contributed by atoms with van der Waals surface area (Å²) in [6.07, 6.45) is 3.42. The molecule has 4 amide bonds. The highest BCUT2D eigenvalue weighted by Crippen LogP contribution is 2.40. The summed E-state index contributed by atoms with van der Waals surface area (Å²) < 4.78 is 7.30. The van der Waals surface area contributed by atoms with E-state index in [0.717, 1.165) is 40.9 Å². The first-order valence-electron chi connectivity index (χ1n) is 22.8. The number of unbranched alkanes of at least 4 members (excludes halogenated alkanes) is 1. The molecule has 5 aromatic rings. The highest BCUT2D eigenvalue weighted by atomic mass is 35.5. The predicted octanol–water partition coefficient (Wildman–Crippen LogP) is 11.9. The molecular formula is C51H64Cl3N7O6. The number of rotatable bonds is 21. The summed E-state index contributed by atoms with van der Waals surface area (Å²) in [5.74, 6) is -0.386. The lowest BCUT2D eigenvalue weighted by Crippen LogP contribution is -2.40. The van der Waals surface area contributed by atoms with Gasteiger partial charge >= 0.3 is 6.03 Å². The maximum atomic E-state index is 14.8. The number of likely N-dealkylation sites (N-methyl/N-ethyl adjacent to an activating group) is 1. The van der Waals surface area contributed by atoms with E-state index < -0.39 is 17.5 Å². The number of halogens is 3. The van der Waals surface area contributed by atoms with E-state index in [0.29, 0.717) is 43.0 Å². The fourth-order valence-electron chi connectivity index (χ4n) is 7.49. The van der Waals surface area contributed by atoms with E-state index in [9.17, 15) is 24.3 Å². The van der Waals surface area contributed by atoms with Crippen molar-refractivity contribution < 1.29 is 24.2 Å². The molecule has 0 saturated heterocycles. The van der Waals surface area contributed by atoms with Gasteiger partial charge in [-0.2, -0.15) is 0 Å². The highest BCUT2D eigenvalue weighted by Gasteiger charge is 2.32. The standard InChI is InChI=1S/C51H64Cl3N7O6/c1-10-14-23-55-49(66)60(41-20-19-37(27-32(41)5)59(13-4)24-25-62)45-46(58-61(48(45)65)44-39(53)30-35(52)31-40(44)54)57-47(64)33-16-15-17-36(28-33)56-43(63)22-26-67-42-21-18-34(50(6,7)11-2)29-38(42)51(8,9)12-3/h15-21,27-31,58,62H,10-14,22-26H2,1-9H3,(H,55,66)(H,56,63)(H,57,64). The first-order valence-corrected chi connectivity index (χ1v) is 24.0. The largest absolute Gasteiger partial charge is 0.493 e. The lowest BCUT2D eigenvalue weighted by atomic mass is 9.76. The van der Waals surface area contributed by atoms with E-state index in [-0.39, 0.29) is 74.2 Å². The van der Waals surface area contributed by atoms with Crippen LogP contribution in [0.15, 0.2) is 77.6 Å². The van der Waals surface area contributed by atoms with Gasteiger partial charge < -0.3 is 30.7 Å². The second kappa shape index (κ2) is 23.0. The van der Waals surface area contributed by atoms with Crippen LogP contribution >= 0.6 is 34.8 Å². The number of aliphatic hydroxyl groups is 1. The van der Waals surface area contributed by atoms with Crippen LogP contribution in [0.4, 0.5) is 33.4 Å². The van der Waals surface area contributed by atoms with Crippen LogP contribution in [-0.2, 0) is 15.6 Å². The minimum atomic E-state index is -0.764. The van der Waals surface area contributed by atoms with Crippen molar-refractivity contribution in [3.05, 3.63) is 120 Å². The van der Waals surface area contributed by atoms with Gasteiger partial charge in [0.05, 0.1) is 35.4 Å². The molecule has 67 heavy (non-hydrogen) atoms. The van der Waals surface area contributed by atoms with Gasteiger partial charge in [0, 0.05) is 47.2 Å². The van der Waals surface area contributed by atoms with Gasteiger partial charge in [-0.1, -0.05) is 108 Å². The number of benzene rings is 4. The normalized spacial score (nSPS) is 11.6. The van der Waals surface area contributed by atoms with Crippen molar-refractivity contribution >= 4 is 81.2 Å². The second-order valence-electron chi connectivity index (χ2n) is 17.8. The quantitative estimate of drug-likeness (QED) is 0.0457. The maximum absolute atomic E-state index is 14.8. The summed E-state index contributed by atoms with van der Waals surface area (Å²) in [5, 5.41) is 21.5. The molecule has 360 valence electrons. The molecule has 13 nitrogen and oxygen atoms in total. The first-order chi connectivity index (χ1) is 31.8. The van der Waals surface area contributed by atoms with Gasteiger partial charge in [0.25, 0.3) is 11.5 Å². The number of aryl methyl sites for hydroxylation is 1. The minimum absolute atomic E-state index is 0.00277. The molecule has 5 N–H and O–H groups in total. The third kappa shape index (κ3) is 12.6. The van der Waals surface area contributed by atoms with Gasteiger partial charge in [-0.15, -0.1) is 0 Å². The summed E-state index contributed by atoms with van der Waals surface area (Å²) in [5.41, 5.74) is 3.50. The number of anilines is 5. The first kappa shape index (κ1) is 52.5. The fraction of sp³-hybridized carbons (Fsp3) is 0.412. The summed E-state index contributed by atoms with van der Waals surface area (Å²) in [6.45, 7) is 20.3. The number of nitrogens with one attached hydrogen (secondary N) is 4. The zero-order valence-corrected chi connectivity index (χ0v) is 42.2. The smallest absolute Gasteiger partial charge is 0.326 e. The number of carbonyl (C=O) groups excluding carboxylic acids is 3. The lowest BCUT2D eigenvalue weighted by molar-refractivity contribution is -0.116. The molecular weight excluding hydrogens is 913 g/mol. The summed E-state index contributed by atoms with van der Waals surface area (Å²) in [6, 6.07) is 20.2. The van der Waals surface area contributed by atoms with Crippen LogP contribution in [0.25, 0.3) is 5.69 Å². The number of aliphatic hydroxyl groups excluding tert-OH is 1. The SMILES string of the molecule is CCCCNC(=O)N(c1ccc(N(CC)CCO)cc1C)c1c(NC(=O)c2cccc(NC(=O)CCOc3ccc(C(C)(C)CC)cc3C(C)(C)CC)c2)[nH]n(-c2c(Cl)cc(Cl)cc2Cl)c1=O. The van der Waals surface area contributed by atoms with Crippen molar-refractivity contribution in [3.8, 4) is 11.4 Å². The number of hydrogen-bond donors (Lipinski definition) is 5. The Hall–Kier alpha value is -5.47. The van der Waals surface area contributed by atoms with E-state index in [1.54, 1.807) is 37.3 Å². The number of amides is 4. The van der Waals surface area contributed by atoms with Gasteiger partial charge in [-0.25, -0.2) is 9.48 Å². The number of ether oxygens (including phenoxy) is 1. The molecule has 1 heterocycles. The van der Waals surface area contributed by atoms with Crippen molar-refractivity contribution in [2.75, 3.05) is 53.3 Å². The number of aromatic amines is 1. The Morgan fingerprint density at radius 3 is 2.19 bits per heavy atom. The number of carbonyl (C=O) groups is 3. The van der Waals surface area contributed by atoms with Crippen LogP contribution in [0.1, 0.15) is 115 Å².